The number of nitrogens with zero attached hydrogens (tertiary/aromatic N) is 1. The summed E-state index contributed by atoms with van der Waals surface area (Å²) in [4.78, 5) is 23.5. The Hall–Kier alpha value is -0.260. The maximum atomic E-state index is 11.7. The molecule has 0 saturated carbocycles. The Kier molecular flexibility index (Phi) is 23.7. The van der Waals surface area contributed by atoms with Gasteiger partial charge in [0.05, 0.1) is 13.2 Å². The number of hydrogen-bond acceptors (Lipinski definition) is 6. The summed E-state index contributed by atoms with van der Waals surface area (Å²) in [6.07, 6.45) is 19.3. The third kappa shape index (κ3) is 22.9. The van der Waals surface area contributed by atoms with Crippen molar-refractivity contribution >= 4 is 14.6 Å². The summed E-state index contributed by atoms with van der Waals surface area (Å²) in [6, 6.07) is 0. The fourth-order valence-electron chi connectivity index (χ4n) is 3.50. The van der Waals surface area contributed by atoms with E-state index < -0.39 is 8.60 Å². The first-order valence-electron chi connectivity index (χ1n) is 13.1. The zero-order chi connectivity index (χ0) is 23.9. The summed E-state index contributed by atoms with van der Waals surface area (Å²) in [7, 11) is 1.96. The summed E-state index contributed by atoms with van der Waals surface area (Å²) < 4.78 is 16.2. The SMILES string of the molecule is CCCCCCCCCCCCCCCCC(COP(O)OCCN(C)C)OC(=O)CC. The predicted octanol–water partition coefficient (Wildman–Crippen LogP) is 6.99. The van der Waals surface area contributed by atoms with Crippen molar-refractivity contribution in [3.63, 3.8) is 0 Å². The van der Waals surface area contributed by atoms with Gasteiger partial charge in [-0.15, -0.1) is 0 Å². The van der Waals surface area contributed by atoms with Gasteiger partial charge in [0.15, 0.2) is 0 Å². The average Bonchev–Trinajstić information content (AvgIpc) is 2.77. The molecule has 192 valence electrons. The fourth-order valence-corrected chi connectivity index (χ4v) is 4.10. The van der Waals surface area contributed by atoms with Crippen LogP contribution >= 0.6 is 8.60 Å². The zero-order valence-corrected chi connectivity index (χ0v) is 22.4. The van der Waals surface area contributed by atoms with Crippen LogP contribution in [0.1, 0.15) is 117 Å². The van der Waals surface area contributed by atoms with E-state index in [0.29, 0.717) is 13.0 Å². The highest BCUT2D eigenvalue weighted by Crippen LogP contribution is 2.33. The minimum absolute atomic E-state index is 0.189. The quantitative estimate of drug-likeness (QED) is 0.0917. The highest BCUT2D eigenvalue weighted by atomic mass is 31.2. The van der Waals surface area contributed by atoms with Gasteiger partial charge in [-0.3, -0.25) is 4.79 Å². The Balaban J connectivity index is 3.74. The molecule has 0 aliphatic rings. The molecule has 32 heavy (non-hydrogen) atoms. The van der Waals surface area contributed by atoms with Crippen LogP contribution in [0.15, 0.2) is 0 Å². The first-order chi connectivity index (χ1) is 15.5. The molecular formula is C25H52NO5P. The number of carbonyl (C=O) groups excluding carboxylic acids is 1. The van der Waals surface area contributed by atoms with E-state index in [1.165, 1.54) is 77.0 Å². The number of unbranched alkanes of at least 4 members (excludes halogenated alkanes) is 13. The maximum Gasteiger partial charge on any atom is 0.330 e. The van der Waals surface area contributed by atoms with E-state index >= 15 is 0 Å². The monoisotopic (exact) mass is 477 g/mol. The van der Waals surface area contributed by atoms with Gasteiger partial charge in [0.25, 0.3) is 0 Å². The lowest BCUT2D eigenvalue weighted by Gasteiger charge is -2.19. The van der Waals surface area contributed by atoms with Crippen LogP contribution < -0.4 is 0 Å². The molecule has 0 bridgehead atoms. The van der Waals surface area contributed by atoms with Gasteiger partial charge in [-0.2, -0.15) is 0 Å². The molecule has 0 amide bonds. The second-order valence-corrected chi connectivity index (χ2v) is 10.0. The normalized spacial score (nSPS) is 13.4. The molecule has 0 aliphatic heterocycles. The predicted molar refractivity (Wildman–Crippen MR) is 135 cm³/mol. The van der Waals surface area contributed by atoms with Crippen molar-refractivity contribution in [2.45, 2.75) is 123 Å². The molecule has 6 nitrogen and oxygen atoms in total. The minimum Gasteiger partial charge on any atom is -0.460 e. The number of ether oxygens (including phenoxy) is 1. The van der Waals surface area contributed by atoms with E-state index in [2.05, 4.69) is 6.92 Å². The molecule has 1 N–H and O–H groups in total. The lowest BCUT2D eigenvalue weighted by atomic mass is 10.0. The van der Waals surface area contributed by atoms with Gasteiger partial charge in [-0.1, -0.05) is 97.3 Å². The number of carbonyl (C=O) groups is 1. The van der Waals surface area contributed by atoms with Crippen LogP contribution in [0.5, 0.6) is 0 Å². The Labute approximate surface area is 199 Å². The van der Waals surface area contributed by atoms with E-state index in [1.54, 1.807) is 6.92 Å². The number of likely N-dealkylation sites (N-methyl/N-ethyl adjacent to an activating group) is 1. The minimum atomic E-state index is -1.93. The summed E-state index contributed by atoms with van der Waals surface area (Å²) >= 11 is 0. The van der Waals surface area contributed by atoms with Crippen LogP contribution in [0.2, 0.25) is 0 Å². The van der Waals surface area contributed by atoms with Gasteiger partial charge in [0, 0.05) is 13.0 Å². The highest BCUT2D eigenvalue weighted by molar-refractivity contribution is 7.40. The molecule has 0 fully saturated rings. The summed E-state index contributed by atoms with van der Waals surface area (Å²) in [5.41, 5.74) is 0. The average molecular weight is 478 g/mol. The van der Waals surface area contributed by atoms with Crippen molar-refractivity contribution in [3.8, 4) is 0 Å². The standard InChI is InChI=1S/C25H52NO5P/c1-5-7-8-9-10-11-12-13-14-15-16-17-18-19-20-24(31-25(27)6-2)23-30-32(28)29-22-21-26(3)4/h24,28H,5-23H2,1-4H3. The van der Waals surface area contributed by atoms with Crippen molar-refractivity contribution in [3.05, 3.63) is 0 Å². The lowest BCUT2D eigenvalue weighted by Crippen LogP contribution is -2.23. The molecular weight excluding hydrogens is 425 g/mol. The van der Waals surface area contributed by atoms with Crippen molar-refractivity contribution in [2.24, 2.45) is 0 Å². The number of esters is 1. The Morgan fingerprint density at radius 2 is 1.31 bits per heavy atom. The van der Waals surface area contributed by atoms with E-state index in [0.717, 1.165) is 25.8 Å². The molecule has 2 unspecified atom stereocenters. The summed E-state index contributed by atoms with van der Waals surface area (Å²) in [5.74, 6) is -0.222. The molecule has 0 aromatic rings. The third-order valence-electron chi connectivity index (χ3n) is 5.58. The first-order valence-corrected chi connectivity index (χ1v) is 14.2. The maximum absolute atomic E-state index is 11.7. The van der Waals surface area contributed by atoms with Crippen LogP contribution in [0.3, 0.4) is 0 Å². The molecule has 0 aliphatic carbocycles. The van der Waals surface area contributed by atoms with Gasteiger partial charge in [0.2, 0.25) is 0 Å². The van der Waals surface area contributed by atoms with Crippen molar-refractivity contribution < 1.29 is 23.5 Å². The van der Waals surface area contributed by atoms with Crippen molar-refractivity contribution in [1.29, 1.82) is 0 Å². The molecule has 2 atom stereocenters. The molecule has 0 rings (SSSR count). The van der Waals surface area contributed by atoms with Crippen molar-refractivity contribution in [1.82, 2.24) is 4.90 Å². The number of hydrogen-bond donors (Lipinski definition) is 1. The van der Waals surface area contributed by atoms with Gasteiger partial charge >= 0.3 is 14.6 Å². The van der Waals surface area contributed by atoms with Gasteiger partial charge < -0.3 is 23.6 Å². The molecule has 0 aromatic carbocycles. The van der Waals surface area contributed by atoms with E-state index in [4.69, 9.17) is 13.8 Å². The number of rotatable bonds is 24. The smallest absolute Gasteiger partial charge is 0.330 e. The van der Waals surface area contributed by atoms with Crippen LogP contribution in [0.25, 0.3) is 0 Å². The topological polar surface area (TPSA) is 68.2 Å². The Bertz CT molecular complexity index is 412. The second kappa shape index (κ2) is 23.9. The van der Waals surface area contributed by atoms with Gasteiger partial charge in [-0.25, -0.2) is 0 Å². The van der Waals surface area contributed by atoms with Crippen LogP contribution in [0.4, 0.5) is 0 Å². The molecule has 0 aromatic heterocycles. The van der Waals surface area contributed by atoms with Crippen LogP contribution in [-0.4, -0.2) is 55.7 Å². The Morgan fingerprint density at radius 3 is 1.78 bits per heavy atom. The highest BCUT2D eigenvalue weighted by Gasteiger charge is 2.17. The van der Waals surface area contributed by atoms with Crippen molar-refractivity contribution in [2.75, 3.05) is 33.9 Å². The van der Waals surface area contributed by atoms with E-state index in [9.17, 15) is 9.69 Å². The van der Waals surface area contributed by atoms with Crippen LogP contribution in [-0.2, 0) is 18.6 Å². The Morgan fingerprint density at radius 1 is 0.812 bits per heavy atom. The molecule has 0 spiro atoms. The second-order valence-electron chi connectivity index (χ2n) is 9.02. The van der Waals surface area contributed by atoms with Gasteiger partial charge in [-0.05, 0) is 26.9 Å². The molecule has 7 heteroatoms. The zero-order valence-electron chi connectivity index (χ0n) is 21.5. The largest absolute Gasteiger partial charge is 0.460 e. The van der Waals surface area contributed by atoms with Gasteiger partial charge in [0.1, 0.15) is 6.10 Å². The molecule has 0 heterocycles. The third-order valence-corrected chi connectivity index (χ3v) is 6.35. The molecule has 0 radical (unpaired) electrons. The summed E-state index contributed by atoms with van der Waals surface area (Å²) in [6.45, 7) is 5.37. The van der Waals surface area contributed by atoms with E-state index in [-0.39, 0.29) is 18.7 Å². The fraction of sp³-hybridized carbons (Fsp3) is 0.960. The van der Waals surface area contributed by atoms with E-state index in [1.807, 2.05) is 19.0 Å². The lowest BCUT2D eigenvalue weighted by molar-refractivity contribution is -0.150. The van der Waals surface area contributed by atoms with Crippen LogP contribution in [0, 0.1) is 0 Å². The first kappa shape index (κ1) is 31.7. The summed E-state index contributed by atoms with van der Waals surface area (Å²) in [5, 5.41) is 0. The molecule has 0 saturated heterocycles.